The third kappa shape index (κ3) is 12.6. The van der Waals surface area contributed by atoms with Crippen LogP contribution in [0.25, 0.3) is 0 Å². The van der Waals surface area contributed by atoms with Gasteiger partial charge in [0.05, 0.1) is 0 Å². The molecule has 0 spiro atoms. The number of carbonyl (C=O) groups is 3. The van der Waals surface area contributed by atoms with Gasteiger partial charge < -0.3 is 19.1 Å². The minimum atomic E-state index is -0.819. The largest absolute Gasteiger partial charge is 0.444 e. The Morgan fingerprint density at radius 1 is 0.767 bits per heavy atom. The van der Waals surface area contributed by atoms with Crippen LogP contribution in [0.4, 0.5) is 14.4 Å². The second-order valence-electron chi connectivity index (χ2n) is 9.61. The van der Waals surface area contributed by atoms with Gasteiger partial charge in [0.1, 0.15) is 16.8 Å². The number of amidine groups is 1. The molecule has 0 aliphatic carbocycles. The van der Waals surface area contributed by atoms with Crippen molar-refractivity contribution < 1.29 is 28.6 Å². The summed E-state index contributed by atoms with van der Waals surface area (Å²) in [5.41, 5.74) is -2.11. The van der Waals surface area contributed by atoms with Gasteiger partial charge in [-0.3, -0.25) is 4.90 Å². The Kier molecular flexibility index (Phi) is 10.2. The zero-order valence-electron chi connectivity index (χ0n) is 20.1. The molecular formula is C20H37N3O6S. The molecule has 0 unspecified atom stereocenters. The van der Waals surface area contributed by atoms with Crippen LogP contribution in [0.1, 0.15) is 62.3 Å². The summed E-state index contributed by atoms with van der Waals surface area (Å²) in [5.74, 6) is 0. The van der Waals surface area contributed by atoms with Crippen molar-refractivity contribution in [2.75, 3.05) is 26.4 Å². The van der Waals surface area contributed by atoms with E-state index in [0.29, 0.717) is 0 Å². The highest BCUT2D eigenvalue weighted by Gasteiger charge is 2.28. The third-order valence-corrected chi connectivity index (χ3v) is 3.65. The maximum atomic E-state index is 12.8. The molecule has 10 heteroatoms. The van der Waals surface area contributed by atoms with E-state index in [-0.39, 0.29) is 18.3 Å². The van der Waals surface area contributed by atoms with E-state index in [4.69, 9.17) is 14.2 Å². The highest BCUT2D eigenvalue weighted by Crippen LogP contribution is 2.16. The van der Waals surface area contributed by atoms with E-state index in [1.807, 2.05) is 0 Å². The van der Waals surface area contributed by atoms with Crippen molar-refractivity contribution in [3.05, 3.63) is 0 Å². The summed E-state index contributed by atoms with van der Waals surface area (Å²) in [4.78, 5) is 43.6. The van der Waals surface area contributed by atoms with Gasteiger partial charge in [-0.05, 0) is 68.6 Å². The lowest BCUT2D eigenvalue weighted by Crippen LogP contribution is -2.45. The van der Waals surface area contributed by atoms with Gasteiger partial charge in [-0.2, -0.15) is 4.99 Å². The standard InChI is InChI=1S/C20H37N3O6S/c1-18(2,3)27-15(24)21-14(30-11)23(17(26)29-20(7,8)9)13-12-22(10)16(25)28-19(4,5)6/h12-13H2,1-11H3. The molecule has 0 heterocycles. The average molecular weight is 448 g/mol. The normalized spacial score (nSPS) is 12.8. The molecule has 0 radical (unpaired) electrons. The second-order valence-corrected chi connectivity index (χ2v) is 10.4. The van der Waals surface area contributed by atoms with Crippen LogP contribution in [0.5, 0.6) is 0 Å². The summed E-state index contributed by atoms with van der Waals surface area (Å²) in [6.45, 7) is 15.9. The summed E-state index contributed by atoms with van der Waals surface area (Å²) < 4.78 is 16.0. The number of nitrogens with zero attached hydrogens (tertiary/aromatic N) is 3. The lowest BCUT2D eigenvalue weighted by Gasteiger charge is -2.29. The van der Waals surface area contributed by atoms with Gasteiger partial charge in [0.2, 0.25) is 0 Å². The van der Waals surface area contributed by atoms with Crippen LogP contribution in [-0.4, -0.2) is 76.4 Å². The SMILES string of the molecule is CSC(=NC(=O)OC(C)(C)C)N(CCN(C)C(=O)OC(C)(C)C)C(=O)OC(C)(C)C. The van der Waals surface area contributed by atoms with Crippen LogP contribution >= 0.6 is 11.8 Å². The Hall–Kier alpha value is -1.97. The lowest BCUT2D eigenvalue weighted by atomic mass is 10.2. The number of carbonyl (C=O) groups excluding carboxylic acids is 3. The molecule has 30 heavy (non-hydrogen) atoms. The van der Waals surface area contributed by atoms with Crippen LogP contribution in [-0.2, 0) is 14.2 Å². The number of amides is 3. The molecule has 3 amide bonds. The molecular weight excluding hydrogens is 410 g/mol. The van der Waals surface area contributed by atoms with E-state index in [2.05, 4.69) is 4.99 Å². The first-order valence-electron chi connectivity index (χ1n) is 9.65. The summed E-state index contributed by atoms with van der Waals surface area (Å²) in [6, 6.07) is 0. The molecule has 0 fully saturated rings. The van der Waals surface area contributed by atoms with E-state index in [9.17, 15) is 14.4 Å². The van der Waals surface area contributed by atoms with Gasteiger partial charge >= 0.3 is 18.3 Å². The molecule has 0 bridgehead atoms. The van der Waals surface area contributed by atoms with Crippen LogP contribution in [0, 0.1) is 0 Å². The van der Waals surface area contributed by atoms with E-state index >= 15 is 0 Å². The van der Waals surface area contributed by atoms with Gasteiger partial charge in [-0.1, -0.05) is 11.8 Å². The van der Waals surface area contributed by atoms with E-state index < -0.39 is 35.1 Å². The van der Waals surface area contributed by atoms with Crippen molar-refractivity contribution in [2.45, 2.75) is 79.1 Å². The molecule has 0 saturated heterocycles. The monoisotopic (exact) mass is 447 g/mol. The number of hydrogen-bond donors (Lipinski definition) is 0. The minimum Gasteiger partial charge on any atom is -0.444 e. The number of thioether (sulfide) groups is 1. The van der Waals surface area contributed by atoms with Gasteiger partial charge in [0, 0.05) is 20.1 Å². The highest BCUT2D eigenvalue weighted by atomic mass is 32.2. The summed E-state index contributed by atoms with van der Waals surface area (Å²) in [6.07, 6.45) is -0.350. The minimum absolute atomic E-state index is 0.0487. The predicted octanol–water partition coefficient (Wildman–Crippen LogP) is 4.74. The van der Waals surface area contributed by atoms with Crippen molar-refractivity contribution in [1.29, 1.82) is 0 Å². The first-order valence-corrected chi connectivity index (χ1v) is 10.9. The first-order chi connectivity index (χ1) is 13.3. The molecule has 0 aliphatic rings. The van der Waals surface area contributed by atoms with Gasteiger partial charge in [-0.15, -0.1) is 0 Å². The Balaban J connectivity index is 5.57. The number of rotatable bonds is 3. The highest BCUT2D eigenvalue weighted by molar-refractivity contribution is 8.13. The zero-order chi connectivity index (χ0) is 23.9. The van der Waals surface area contributed by atoms with Crippen LogP contribution in [0.15, 0.2) is 4.99 Å². The quantitative estimate of drug-likeness (QED) is 0.350. The van der Waals surface area contributed by atoms with Crippen molar-refractivity contribution in [1.82, 2.24) is 9.80 Å². The van der Waals surface area contributed by atoms with Gasteiger partial charge in [0.15, 0.2) is 5.17 Å². The lowest BCUT2D eigenvalue weighted by molar-refractivity contribution is 0.0241. The molecule has 0 N–H and O–H groups in total. The smallest absolute Gasteiger partial charge is 0.436 e. The topological polar surface area (TPSA) is 97.7 Å². The van der Waals surface area contributed by atoms with E-state index in [1.54, 1.807) is 75.6 Å². The van der Waals surface area contributed by atoms with Gasteiger partial charge in [-0.25, -0.2) is 14.4 Å². The summed E-state index contributed by atoms with van der Waals surface area (Å²) in [7, 11) is 1.56. The molecule has 0 saturated carbocycles. The fourth-order valence-corrected chi connectivity index (χ4v) is 2.39. The first kappa shape index (κ1) is 28.0. The third-order valence-electron chi connectivity index (χ3n) is 2.97. The molecule has 0 atom stereocenters. The van der Waals surface area contributed by atoms with E-state index in [1.165, 1.54) is 9.80 Å². The molecule has 0 aromatic rings. The zero-order valence-corrected chi connectivity index (χ0v) is 20.9. The maximum Gasteiger partial charge on any atom is 0.436 e. The van der Waals surface area contributed by atoms with Crippen molar-refractivity contribution in [3.8, 4) is 0 Å². The predicted molar refractivity (Wildman–Crippen MR) is 119 cm³/mol. The Morgan fingerprint density at radius 3 is 1.60 bits per heavy atom. The Labute approximate surface area is 184 Å². The fourth-order valence-electron chi connectivity index (χ4n) is 1.84. The van der Waals surface area contributed by atoms with Crippen molar-refractivity contribution in [3.63, 3.8) is 0 Å². The number of ether oxygens (including phenoxy) is 3. The second kappa shape index (κ2) is 10.9. The maximum absolute atomic E-state index is 12.8. The van der Waals surface area contributed by atoms with Crippen LogP contribution < -0.4 is 0 Å². The summed E-state index contributed by atoms with van der Waals surface area (Å²) in [5, 5.41) is 0.107. The molecule has 0 aliphatic heterocycles. The van der Waals surface area contributed by atoms with Crippen LogP contribution in [0.2, 0.25) is 0 Å². The van der Waals surface area contributed by atoms with Crippen molar-refractivity contribution >= 4 is 35.2 Å². The number of likely N-dealkylation sites (N-methyl/N-ethyl adjacent to an activating group) is 1. The Morgan fingerprint density at radius 2 is 1.20 bits per heavy atom. The van der Waals surface area contributed by atoms with E-state index in [0.717, 1.165) is 11.8 Å². The number of hydrogen-bond acceptors (Lipinski definition) is 7. The van der Waals surface area contributed by atoms with Gasteiger partial charge in [0.25, 0.3) is 0 Å². The Bertz CT molecular complexity index is 644. The molecule has 174 valence electrons. The van der Waals surface area contributed by atoms with Crippen molar-refractivity contribution in [2.24, 2.45) is 4.99 Å². The average Bonchev–Trinajstić information content (AvgIpc) is 2.48. The van der Waals surface area contributed by atoms with Crippen LogP contribution in [0.3, 0.4) is 0 Å². The molecule has 9 nitrogen and oxygen atoms in total. The summed E-state index contributed by atoms with van der Waals surface area (Å²) >= 11 is 1.10. The number of aliphatic imine (C=N–C) groups is 1. The molecule has 0 aromatic carbocycles. The molecule has 0 aromatic heterocycles. The molecule has 0 rings (SSSR count). The fraction of sp³-hybridized carbons (Fsp3) is 0.800.